The van der Waals surface area contributed by atoms with Crippen molar-refractivity contribution in [2.45, 2.75) is 64.7 Å². The smallest absolute Gasteiger partial charge is 0.338 e. The van der Waals surface area contributed by atoms with E-state index in [-0.39, 0.29) is 5.97 Å². The molecule has 142 valence electrons. The molecule has 0 N–H and O–H groups in total. The van der Waals surface area contributed by atoms with Gasteiger partial charge in [0.2, 0.25) is 0 Å². The van der Waals surface area contributed by atoms with E-state index in [0.29, 0.717) is 12.2 Å². The van der Waals surface area contributed by atoms with E-state index in [0.717, 1.165) is 51.1 Å². The summed E-state index contributed by atoms with van der Waals surface area (Å²) in [6.45, 7) is 4.22. The highest BCUT2D eigenvalue weighted by Gasteiger charge is 2.07. The first-order chi connectivity index (χ1) is 12.3. The highest BCUT2D eigenvalue weighted by Crippen LogP contribution is 2.14. The number of unbranched alkanes of at least 4 members (excludes halogenated alkanes) is 7. The van der Waals surface area contributed by atoms with Crippen LogP contribution in [0.3, 0.4) is 0 Å². The number of hydrogen-bond donors (Lipinski definition) is 0. The van der Waals surface area contributed by atoms with Crippen LogP contribution in [0, 0.1) is 0 Å². The van der Waals surface area contributed by atoms with Crippen molar-refractivity contribution in [2.24, 2.45) is 0 Å². The monoisotopic (exact) mass is 350 g/mol. The molecule has 0 amide bonds. The number of carbonyl (C=O) groups excluding carboxylic acids is 1. The van der Waals surface area contributed by atoms with Gasteiger partial charge in [-0.15, -0.1) is 0 Å². The SMILES string of the molecule is CCCCCCCOc1ccc(C(=O)OCCCCCCOC)cc1. The summed E-state index contributed by atoms with van der Waals surface area (Å²) < 4.78 is 16.0. The van der Waals surface area contributed by atoms with Crippen molar-refractivity contribution in [3.8, 4) is 5.75 Å². The van der Waals surface area contributed by atoms with E-state index in [4.69, 9.17) is 14.2 Å². The molecule has 0 radical (unpaired) electrons. The zero-order valence-corrected chi connectivity index (χ0v) is 15.9. The molecule has 0 unspecified atom stereocenters. The zero-order valence-electron chi connectivity index (χ0n) is 15.9. The number of rotatable bonds is 15. The second-order valence-electron chi connectivity index (χ2n) is 6.33. The fraction of sp³-hybridized carbons (Fsp3) is 0.667. The van der Waals surface area contributed by atoms with Crippen LogP contribution in [0.2, 0.25) is 0 Å². The van der Waals surface area contributed by atoms with E-state index < -0.39 is 0 Å². The Morgan fingerprint density at radius 2 is 1.40 bits per heavy atom. The summed E-state index contributed by atoms with van der Waals surface area (Å²) in [5.41, 5.74) is 0.578. The summed E-state index contributed by atoms with van der Waals surface area (Å²) in [6.07, 6.45) is 10.2. The topological polar surface area (TPSA) is 44.8 Å². The van der Waals surface area contributed by atoms with Crippen LogP contribution in [0.5, 0.6) is 5.75 Å². The molecule has 0 aliphatic carbocycles. The van der Waals surface area contributed by atoms with Crippen LogP contribution >= 0.6 is 0 Å². The van der Waals surface area contributed by atoms with Gasteiger partial charge in [-0.25, -0.2) is 4.79 Å². The van der Waals surface area contributed by atoms with Gasteiger partial charge in [-0.3, -0.25) is 0 Å². The number of hydrogen-bond acceptors (Lipinski definition) is 4. The first-order valence-electron chi connectivity index (χ1n) is 9.67. The normalized spacial score (nSPS) is 10.6. The van der Waals surface area contributed by atoms with Gasteiger partial charge in [-0.1, -0.05) is 39.0 Å². The molecule has 1 rings (SSSR count). The predicted octanol–water partition coefficient (Wildman–Crippen LogP) is 5.40. The molecule has 4 heteroatoms. The van der Waals surface area contributed by atoms with Gasteiger partial charge < -0.3 is 14.2 Å². The average molecular weight is 350 g/mol. The van der Waals surface area contributed by atoms with E-state index >= 15 is 0 Å². The summed E-state index contributed by atoms with van der Waals surface area (Å²) in [6, 6.07) is 7.22. The Morgan fingerprint density at radius 3 is 2.04 bits per heavy atom. The molecule has 0 aliphatic heterocycles. The summed E-state index contributed by atoms with van der Waals surface area (Å²) >= 11 is 0. The molecular weight excluding hydrogens is 316 g/mol. The summed E-state index contributed by atoms with van der Waals surface area (Å²) in [5.74, 6) is 0.549. The van der Waals surface area contributed by atoms with E-state index in [1.807, 2.05) is 12.1 Å². The molecule has 0 saturated carbocycles. The van der Waals surface area contributed by atoms with Crippen molar-refractivity contribution in [2.75, 3.05) is 26.9 Å². The molecule has 4 nitrogen and oxygen atoms in total. The van der Waals surface area contributed by atoms with Gasteiger partial charge >= 0.3 is 5.97 Å². The van der Waals surface area contributed by atoms with Crippen LogP contribution < -0.4 is 4.74 Å². The van der Waals surface area contributed by atoms with Gasteiger partial charge in [0, 0.05) is 13.7 Å². The van der Waals surface area contributed by atoms with Gasteiger partial charge in [0.1, 0.15) is 5.75 Å². The van der Waals surface area contributed by atoms with Crippen molar-refractivity contribution in [3.63, 3.8) is 0 Å². The second-order valence-corrected chi connectivity index (χ2v) is 6.33. The van der Waals surface area contributed by atoms with Crippen molar-refractivity contribution < 1.29 is 19.0 Å². The molecular formula is C21H34O4. The molecule has 0 saturated heterocycles. The molecule has 0 aromatic heterocycles. The maximum absolute atomic E-state index is 12.0. The summed E-state index contributed by atoms with van der Waals surface area (Å²) in [4.78, 5) is 12.0. The number of benzene rings is 1. The first kappa shape index (κ1) is 21.5. The minimum Gasteiger partial charge on any atom is -0.494 e. The Hall–Kier alpha value is -1.55. The molecule has 1 aromatic carbocycles. The van der Waals surface area contributed by atoms with Crippen molar-refractivity contribution >= 4 is 5.97 Å². The van der Waals surface area contributed by atoms with Crippen LogP contribution in [0.1, 0.15) is 75.1 Å². The minimum absolute atomic E-state index is 0.261. The molecule has 25 heavy (non-hydrogen) atoms. The molecule has 0 atom stereocenters. The number of esters is 1. The third-order valence-corrected chi connectivity index (χ3v) is 4.08. The number of carbonyl (C=O) groups is 1. The molecule has 0 aliphatic rings. The predicted molar refractivity (Wildman–Crippen MR) is 101 cm³/mol. The maximum atomic E-state index is 12.0. The lowest BCUT2D eigenvalue weighted by Gasteiger charge is -2.08. The Kier molecular flexibility index (Phi) is 12.7. The maximum Gasteiger partial charge on any atom is 0.338 e. The quantitative estimate of drug-likeness (QED) is 0.314. The van der Waals surface area contributed by atoms with Crippen LogP contribution in [-0.2, 0) is 9.47 Å². The molecule has 0 spiro atoms. The van der Waals surface area contributed by atoms with E-state index in [2.05, 4.69) is 6.92 Å². The minimum atomic E-state index is -0.261. The first-order valence-corrected chi connectivity index (χ1v) is 9.67. The van der Waals surface area contributed by atoms with Crippen molar-refractivity contribution in [1.82, 2.24) is 0 Å². The van der Waals surface area contributed by atoms with E-state index in [9.17, 15) is 4.79 Å². The van der Waals surface area contributed by atoms with Gasteiger partial charge in [-0.2, -0.15) is 0 Å². The number of methoxy groups -OCH3 is 1. The Morgan fingerprint density at radius 1 is 0.800 bits per heavy atom. The molecule has 0 bridgehead atoms. The highest BCUT2D eigenvalue weighted by molar-refractivity contribution is 5.89. The Bertz CT molecular complexity index is 442. The molecule has 0 heterocycles. The van der Waals surface area contributed by atoms with Gasteiger partial charge in [0.25, 0.3) is 0 Å². The lowest BCUT2D eigenvalue weighted by atomic mass is 10.2. The second kappa shape index (κ2) is 14.8. The van der Waals surface area contributed by atoms with E-state index in [1.54, 1.807) is 19.2 Å². The van der Waals surface area contributed by atoms with Gasteiger partial charge in [-0.05, 0) is 49.9 Å². The van der Waals surface area contributed by atoms with Crippen molar-refractivity contribution in [1.29, 1.82) is 0 Å². The fourth-order valence-corrected chi connectivity index (χ4v) is 2.53. The van der Waals surface area contributed by atoms with Crippen molar-refractivity contribution in [3.05, 3.63) is 29.8 Å². The standard InChI is InChI=1S/C21H34O4/c1-3-4-5-6-10-17-24-20-14-12-19(13-15-20)21(22)25-18-11-8-7-9-16-23-2/h12-15H,3-11,16-18H2,1-2H3. The fourth-order valence-electron chi connectivity index (χ4n) is 2.53. The average Bonchev–Trinajstić information content (AvgIpc) is 2.64. The highest BCUT2D eigenvalue weighted by atomic mass is 16.5. The van der Waals surface area contributed by atoms with Crippen LogP contribution in [0.25, 0.3) is 0 Å². The Labute approximate surface area is 152 Å². The zero-order chi connectivity index (χ0) is 18.2. The lowest BCUT2D eigenvalue weighted by molar-refractivity contribution is 0.0497. The molecule has 1 aromatic rings. The van der Waals surface area contributed by atoms with Crippen LogP contribution in [-0.4, -0.2) is 32.9 Å². The van der Waals surface area contributed by atoms with Crippen LogP contribution in [0.15, 0.2) is 24.3 Å². The third-order valence-electron chi connectivity index (χ3n) is 4.08. The van der Waals surface area contributed by atoms with Gasteiger partial charge in [0.05, 0.1) is 18.8 Å². The summed E-state index contributed by atoms with van der Waals surface area (Å²) in [7, 11) is 1.71. The van der Waals surface area contributed by atoms with Gasteiger partial charge in [0.15, 0.2) is 0 Å². The third kappa shape index (κ3) is 10.8. The number of ether oxygens (including phenoxy) is 3. The Balaban J connectivity index is 2.14. The lowest BCUT2D eigenvalue weighted by Crippen LogP contribution is -2.06. The summed E-state index contributed by atoms with van der Waals surface area (Å²) in [5, 5.41) is 0. The molecule has 0 fully saturated rings. The largest absolute Gasteiger partial charge is 0.494 e. The van der Waals surface area contributed by atoms with E-state index in [1.165, 1.54) is 25.7 Å². The van der Waals surface area contributed by atoms with Crippen LogP contribution in [0.4, 0.5) is 0 Å².